The first kappa shape index (κ1) is 14.5. The summed E-state index contributed by atoms with van der Waals surface area (Å²) in [6, 6.07) is 9.43. The Bertz CT molecular complexity index is 508. The molecule has 1 aromatic rings. The molecule has 5 heteroatoms. The average Bonchev–Trinajstić information content (AvgIpc) is 2.97. The highest BCUT2D eigenvalue weighted by Crippen LogP contribution is 2.32. The molecule has 3 atom stereocenters. The lowest BCUT2D eigenvalue weighted by atomic mass is 9.89. The Morgan fingerprint density at radius 2 is 2.14 bits per heavy atom. The zero-order valence-corrected chi connectivity index (χ0v) is 12.1. The maximum atomic E-state index is 11.8. The summed E-state index contributed by atoms with van der Waals surface area (Å²) < 4.78 is 5.78. The van der Waals surface area contributed by atoms with Crippen molar-refractivity contribution in [1.82, 2.24) is 4.90 Å². The average molecular weight is 290 g/mol. The predicted octanol–water partition coefficient (Wildman–Crippen LogP) is 1.18. The Balaban J connectivity index is 1.84. The summed E-state index contributed by atoms with van der Waals surface area (Å²) in [6.45, 7) is 1.74. The van der Waals surface area contributed by atoms with Crippen LogP contribution in [-0.4, -0.2) is 47.8 Å². The van der Waals surface area contributed by atoms with Crippen LogP contribution in [0.1, 0.15) is 24.8 Å². The topological polar surface area (TPSA) is 75.8 Å². The minimum atomic E-state index is -1.37. The summed E-state index contributed by atoms with van der Waals surface area (Å²) in [4.78, 5) is 14.0. The number of aliphatic carboxylic acids is 1. The van der Waals surface area contributed by atoms with E-state index in [1.807, 2.05) is 18.2 Å². The van der Waals surface area contributed by atoms with E-state index in [1.165, 1.54) is 0 Å². The Hall–Kier alpha value is -1.43. The maximum absolute atomic E-state index is 11.8. The normalized spacial score (nSPS) is 28.8. The molecular formula is C16H22N2O3. The van der Waals surface area contributed by atoms with E-state index >= 15 is 0 Å². The number of carboxylic acids is 1. The lowest BCUT2D eigenvalue weighted by Crippen LogP contribution is -2.59. The number of benzene rings is 1. The molecule has 1 saturated heterocycles. The Kier molecular flexibility index (Phi) is 3.97. The number of rotatable bonds is 4. The second kappa shape index (κ2) is 5.75. The van der Waals surface area contributed by atoms with E-state index in [9.17, 15) is 9.90 Å². The number of nitrogens with zero attached hydrogens (tertiary/aromatic N) is 1. The van der Waals surface area contributed by atoms with Crippen LogP contribution in [-0.2, 0) is 15.1 Å². The van der Waals surface area contributed by atoms with Gasteiger partial charge in [-0.3, -0.25) is 4.90 Å². The van der Waals surface area contributed by atoms with Crippen molar-refractivity contribution >= 4 is 5.97 Å². The molecule has 3 unspecified atom stereocenters. The minimum Gasteiger partial charge on any atom is -0.480 e. The standard InChI is InChI=1S/C16H22N2O3/c17-16(15(19)20,12-5-2-1-3-6-12)11-18-9-10-21-14-8-4-7-13(14)18/h1-3,5-6,13-14H,4,7-11,17H2,(H,19,20). The molecule has 2 aliphatic rings. The highest BCUT2D eigenvalue weighted by molar-refractivity contribution is 5.80. The Morgan fingerprint density at radius 1 is 1.38 bits per heavy atom. The van der Waals surface area contributed by atoms with Gasteiger partial charge in [-0.15, -0.1) is 0 Å². The zero-order valence-electron chi connectivity index (χ0n) is 12.1. The molecule has 0 spiro atoms. The third-order valence-corrected chi connectivity index (χ3v) is 4.72. The first-order valence-electron chi connectivity index (χ1n) is 7.55. The van der Waals surface area contributed by atoms with Gasteiger partial charge in [0.1, 0.15) is 0 Å². The predicted molar refractivity (Wildman–Crippen MR) is 78.9 cm³/mol. The van der Waals surface area contributed by atoms with E-state index in [0.29, 0.717) is 24.8 Å². The van der Waals surface area contributed by atoms with Gasteiger partial charge in [-0.05, 0) is 24.8 Å². The molecule has 5 nitrogen and oxygen atoms in total. The molecule has 1 aliphatic heterocycles. The molecule has 2 fully saturated rings. The molecule has 0 amide bonds. The van der Waals surface area contributed by atoms with E-state index in [4.69, 9.17) is 10.5 Å². The summed E-state index contributed by atoms with van der Waals surface area (Å²) in [5, 5.41) is 9.67. The van der Waals surface area contributed by atoms with Crippen LogP contribution >= 0.6 is 0 Å². The monoisotopic (exact) mass is 290 g/mol. The SMILES string of the molecule is NC(CN1CCOC2CCCC21)(C(=O)O)c1ccccc1. The van der Waals surface area contributed by atoms with Crippen molar-refractivity contribution in [3.63, 3.8) is 0 Å². The molecule has 3 N–H and O–H groups in total. The third kappa shape index (κ3) is 2.69. The van der Waals surface area contributed by atoms with Crippen LogP contribution in [0.15, 0.2) is 30.3 Å². The molecule has 1 aromatic carbocycles. The van der Waals surface area contributed by atoms with Crippen LogP contribution in [0, 0.1) is 0 Å². The van der Waals surface area contributed by atoms with Crippen LogP contribution in [0.2, 0.25) is 0 Å². The summed E-state index contributed by atoms with van der Waals surface area (Å²) >= 11 is 0. The maximum Gasteiger partial charge on any atom is 0.329 e. The number of fused-ring (bicyclic) bond motifs is 1. The number of carboxylic acid groups (broad SMARTS) is 1. The number of hydrogen-bond donors (Lipinski definition) is 2. The smallest absolute Gasteiger partial charge is 0.329 e. The van der Waals surface area contributed by atoms with Crippen LogP contribution in [0.4, 0.5) is 0 Å². The van der Waals surface area contributed by atoms with Crippen LogP contribution in [0.5, 0.6) is 0 Å². The van der Waals surface area contributed by atoms with Gasteiger partial charge in [-0.2, -0.15) is 0 Å². The van der Waals surface area contributed by atoms with E-state index < -0.39 is 11.5 Å². The zero-order chi connectivity index (χ0) is 14.9. The molecule has 1 saturated carbocycles. The summed E-state index contributed by atoms with van der Waals surface area (Å²) in [5.41, 5.74) is 5.58. The molecule has 114 valence electrons. The summed E-state index contributed by atoms with van der Waals surface area (Å²) in [6.07, 6.45) is 3.52. The number of ether oxygens (including phenoxy) is 1. The van der Waals surface area contributed by atoms with E-state index in [0.717, 1.165) is 25.8 Å². The number of carbonyl (C=O) groups is 1. The fourth-order valence-corrected chi connectivity index (χ4v) is 3.54. The molecule has 21 heavy (non-hydrogen) atoms. The molecule has 0 bridgehead atoms. The van der Waals surface area contributed by atoms with Gasteiger partial charge in [0.2, 0.25) is 0 Å². The highest BCUT2D eigenvalue weighted by atomic mass is 16.5. The molecule has 1 aliphatic carbocycles. The van der Waals surface area contributed by atoms with E-state index in [2.05, 4.69) is 4.90 Å². The van der Waals surface area contributed by atoms with Gasteiger partial charge in [-0.25, -0.2) is 4.79 Å². The number of nitrogens with two attached hydrogens (primary N) is 1. The first-order chi connectivity index (χ1) is 10.1. The fourth-order valence-electron chi connectivity index (χ4n) is 3.54. The van der Waals surface area contributed by atoms with Crippen molar-refractivity contribution < 1.29 is 14.6 Å². The van der Waals surface area contributed by atoms with E-state index in [1.54, 1.807) is 12.1 Å². The van der Waals surface area contributed by atoms with Crippen LogP contribution < -0.4 is 5.73 Å². The van der Waals surface area contributed by atoms with Crippen molar-refractivity contribution in [1.29, 1.82) is 0 Å². The lowest BCUT2D eigenvalue weighted by molar-refractivity contribution is -0.146. The van der Waals surface area contributed by atoms with Crippen molar-refractivity contribution in [3.05, 3.63) is 35.9 Å². The highest BCUT2D eigenvalue weighted by Gasteiger charge is 2.43. The molecule has 0 radical (unpaired) electrons. The minimum absolute atomic E-state index is 0.243. The quantitative estimate of drug-likeness (QED) is 0.871. The number of morpholine rings is 1. The lowest BCUT2D eigenvalue weighted by Gasteiger charge is -2.41. The third-order valence-electron chi connectivity index (χ3n) is 4.72. The molecular weight excluding hydrogens is 268 g/mol. The van der Waals surface area contributed by atoms with Crippen molar-refractivity contribution in [3.8, 4) is 0 Å². The van der Waals surface area contributed by atoms with Gasteiger partial charge in [0.25, 0.3) is 0 Å². The van der Waals surface area contributed by atoms with Gasteiger partial charge in [0, 0.05) is 19.1 Å². The molecule has 0 aromatic heterocycles. The first-order valence-corrected chi connectivity index (χ1v) is 7.55. The molecule has 3 rings (SSSR count). The Morgan fingerprint density at radius 3 is 2.86 bits per heavy atom. The second-order valence-corrected chi connectivity index (χ2v) is 6.02. The second-order valence-electron chi connectivity index (χ2n) is 6.02. The van der Waals surface area contributed by atoms with Gasteiger partial charge in [0.05, 0.1) is 12.7 Å². The molecule has 1 heterocycles. The Labute approximate surface area is 124 Å². The van der Waals surface area contributed by atoms with Gasteiger partial charge in [-0.1, -0.05) is 30.3 Å². The number of hydrogen-bond acceptors (Lipinski definition) is 4. The summed E-state index contributed by atoms with van der Waals surface area (Å²) in [5.74, 6) is -0.977. The van der Waals surface area contributed by atoms with E-state index in [-0.39, 0.29) is 6.10 Å². The van der Waals surface area contributed by atoms with Crippen LogP contribution in [0.3, 0.4) is 0 Å². The largest absolute Gasteiger partial charge is 0.480 e. The van der Waals surface area contributed by atoms with Crippen molar-refractivity contribution in [2.45, 2.75) is 36.9 Å². The van der Waals surface area contributed by atoms with Crippen molar-refractivity contribution in [2.24, 2.45) is 5.73 Å². The van der Waals surface area contributed by atoms with Gasteiger partial charge >= 0.3 is 5.97 Å². The van der Waals surface area contributed by atoms with Crippen molar-refractivity contribution in [2.75, 3.05) is 19.7 Å². The van der Waals surface area contributed by atoms with Gasteiger partial charge in [0.15, 0.2) is 5.54 Å². The van der Waals surface area contributed by atoms with Crippen LogP contribution in [0.25, 0.3) is 0 Å². The van der Waals surface area contributed by atoms with Gasteiger partial charge < -0.3 is 15.6 Å². The fraction of sp³-hybridized carbons (Fsp3) is 0.562. The summed E-state index contributed by atoms with van der Waals surface area (Å²) in [7, 11) is 0.